The van der Waals surface area contributed by atoms with Crippen LogP contribution in [0.2, 0.25) is 5.02 Å². The van der Waals surface area contributed by atoms with Gasteiger partial charge in [-0.15, -0.1) is 11.3 Å². The van der Waals surface area contributed by atoms with Crippen LogP contribution in [0.25, 0.3) is 0 Å². The Bertz CT molecular complexity index is 700. The van der Waals surface area contributed by atoms with Crippen LogP contribution >= 0.6 is 22.9 Å². The third-order valence-corrected chi connectivity index (χ3v) is 5.25. The van der Waals surface area contributed by atoms with Crippen molar-refractivity contribution >= 4 is 34.8 Å². The van der Waals surface area contributed by atoms with Crippen molar-refractivity contribution in [3.05, 3.63) is 57.2 Å². The number of rotatable bonds is 3. The standard InChI is InChI=1S/C18H19ClN2O2S/c19-15-6-4-14(5-7-15)13-17(22)20-8-2-9-21(11-10-20)18(23)16-3-1-12-24-16/h1,3-7,12H,2,8-11,13H2. The van der Waals surface area contributed by atoms with Crippen LogP contribution in [-0.2, 0) is 11.2 Å². The van der Waals surface area contributed by atoms with Crippen LogP contribution in [-0.4, -0.2) is 47.8 Å². The summed E-state index contributed by atoms with van der Waals surface area (Å²) in [5.74, 6) is 0.166. The SMILES string of the molecule is O=C(Cc1ccc(Cl)cc1)N1CCCN(C(=O)c2cccs2)CC1. The molecule has 0 saturated carbocycles. The van der Waals surface area contributed by atoms with Gasteiger partial charge >= 0.3 is 0 Å². The van der Waals surface area contributed by atoms with Gasteiger partial charge in [0, 0.05) is 31.2 Å². The predicted octanol–water partition coefficient (Wildman–Crippen LogP) is 3.32. The molecule has 1 aromatic heterocycles. The van der Waals surface area contributed by atoms with Crippen LogP contribution in [0.1, 0.15) is 21.7 Å². The quantitative estimate of drug-likeness (QED) is 0.840. The van der Waals surface area contributed by atoms with E-state index in [0.717, 1.165) is 16.9 Å². The molecule has 0 bridgehead atoms. The largest absolute Gasteiger partial charge is 0.341 e. The number of benzene rings is 1. The van der Waals surface area contributed by atoms with Gasteiger partial charge in [0.2, 0.25) is 5.91 Å². The van der Waals surface area contributed by atoms with Crippen molar-refractivity contribution in [1.82, 2.24) is 9.80 Å². The summed E-state index contributed by atoms with van der Waals surface area (Å²) in [7, 11) is 0. The van der Waals surface area contributed by atoms with Crippen LogP contribution in [0.3, 0.4) is 0 Å². The Labute approximate surface area is 150 Å². The van der Waals surface area contributed by atoms with Gasteiger partial charge in [0.1, 0.15) is 0 Å². The summed E-state index contributed by atoms with van der Waals surface area (Å²) in [6, 6.07) is 11.1. The highest BCUT2D eigenvalue weighted by Gasteiger charge is 2.23. The van der Waals surface area contributed by atoms with Crippen LogP contribution in [0, 0.1) is 0 Å². The lowest BCUT2D eigenvalue weighted by Crippen LogP contribution is -2.37. The lowest BCUT2D eigenvalue weighted by atomic mass is 10.1. The second-order valence-corrected chi connectivity index (χ2v) is 7.19. The third kappa shape index (κ3) is 4.16. The zero-order chi connectivity index (χ0) is 16.9. The molecule has 4 nitrogen and oxygen atoms in total. The average molecular weight is 363 g/mol. The third-order valence-electron chi connectivity index (χ3n) is 4.14. The second kappa shape index (κ2) is 7.81. The summed E-state index contributed by atoms with van der Waals surface area (Å²) in [5.41, 5.74) is 0.958. The molecule has 1 aromatic carbocycles. The average Bonchev–Trinajstić information content (AvgIpc) is 3.00. The smallest absolute Gasteiger partial charge is 0.263 e. The molecule has 0 aliphatic carbocycles. The monoisotopic (exact) mass is 362 g/mol. The second-order valence-electron chi connectivity index (χ2n) is 5.81. The Morgan fingerprint density at radius 2 is 1.71 bits per heavy atom. The number of halogens is 1. The van der Waals surface area contributed by atoms with Gasteiger partial charge in [-0.25, -0.2) is 0 Å². The van der Waals surface area contributed by atoms with E-state index in [9.17, 15) is 9.59 Å². The first-order chi connectivity index (χ1) is 11.6. The maximum atomic E-state index is 12.5. The molecule has 0 spiro atoms. The van der Waals surface area contributed by atoms with Gasteiger partial charge in [0.05, 0.1) is 11.3 Å². The van der Waals surface area contributed by atoms with Gasteiger partial charge in [0.15, 0.2) is 0 Å². The van der Waals surface area contributed by atoms with E-state index in [1.54, 1.807) is 12.1 Å². The normalized spacial score (nSPS) is 15.2. The first-order valence-corrected chi connectivity index (χ1v) is 9.24. The van der Waals surface area contributed by atoms with E-state index in [2.05, 4.69) is 0 Å². The van der Waals surface area contributed by atoms with Gasteiger partial charge < -0.3 is 9.80 Å². The molecule has 24 heavy (non-hydrogen) atoms. The van der Waals surface area contributed by atoms with Crippen molar-refractivity contribution in [1.29, 1.82) is 0 Å². The van der Waals surface area contributed by atoms with E-state index < -0.39 is 0 Å². The molecule has 0 unspecified atom stereocenters. The van der Waals surface area contributed by atoms with Gasteiger partial charge in [0.25, 0.3) is 5.91 Å². The van der Waals surface area contributed by atoms with E-state index in [0.29, 0.717) is 37.6 Å². The van der Waals surface area contributed by atoms with Gasteiger partial charge in [-0.2, -0.15) is 0 Å². The zero-order valence-electron chi connectivity index (χ0n) is 13.3. The first kappa shape index (κ1) is 17.0. The minimum Gasteiger partial charge on any atom is -0.341 e. The molecule has 1 aliphatic rings. The summed E-state index contributed by atoms with van der Waals surface area (Å²) in [6.45, 7) is 2.56. The minimum absolute atomic E-state index is 0.0667. The van der Waals surface area contributed by atoms with Gasteiger partial charge in [-0.05, 0) is 35.6 Å². The Hall–Kier alpha value is -1.85. The number of carbonyl (C=O) groups is 2. The molecule has 126 valence electrons. The Kier molecular flexibility index (Phi) is 5.53. The lowest BCUT2D eigenvalue weighted by Gasteiger charge is -2.22. The molecule has 1 saturated heterocycles. The highest BCUT2D eigenvalue weighted by Crippen LogP contribution is 2.15. The Balaban J connectivity index is 1.57. The summed E-state index contributed by atoms with van der Waals surface area (Å²) < 4.78 is 0. The van der Waals surface area contributed by atoms with Crippen LogP contribution in [0.5, 0.6) is 0 Å². The van der Waals surface area contributed by atoms with Crippen molar-refractivity contribution in [2.45, 2.75) is 12.8 Å². The number of nitrogens with zero attached hydrogens (tertiary/aromatic N) is 2. The molecule has 1 fully saturated rings. The summed E-state index contributed by atoms with van der Waals surface area (Å²) in [6.07, 6.45) is 1.18. The van der Waals surface area contributed by atoms with Crippen molar-refractivity contribution in [3.8, 4) is 0 Å². The molecular formula is C18H19ClN2O2S. The number of carbonyl (C=O) groups excluding carboxylic acids is 2. The summed E-state index contributed by atoms with van der Waals surface area (Å²) in [5, 5.41) is 2.58. The van der Waals surface area contributed by atoms with Crippen molar-refractivity contribution in [3.63, 3.8) is 0 Å². The molecule has 2 heterocycles. The minimum atomic E-state index is 0.0667. The van der Waals surface area contributed by atoms with Crippen molar-refractivity contribution < 1.29 is 9.59 Å². The fraction of sp³-hybridized carbons (Fsp3) is 0.333. The first-order valence-electron chi connectivity index (χ1n) is 7.98. The number of amides is 2. The molecule has 2 aromatic rings. The Morgan fingerprint density at radius 3 is 2.42 bits per heavy atom. The van der Waals surface area contributed by atoms with Crippen LogP contribution < -0.4 is 0 Å². The van der Waals surface area contributed by atoms with E-state index >= 15 is 0 Å². The molecule has 1 aliphatic heterocycles. The zero-order valence-corrected chi connectivity index (χ0v) is 14.9. The Morgan fingerprint density at radius 1 is 1.00 bits per heavy atom. The summed E-state index contributed by atoms with van der Waals surface area (Å²) in [4.78, 5) is 29.4. The maximum Gasteiger partial charge on any atom is 0.263 e. The van der Waals surface area contributed by atoms with E-state index in [-0.39, 0.29) is 11.8 Å². The van der Waals surface area contributed by atoms with Crippen LogP contribution in [0.15, 0.2) is 41.8 Å². The highest BCUT2D eigenvalue weighted by molar-refractivity contribution is 7.12. The van der Waals surface area contributed by atoms with Crippen molar-refractivity contribution in [2.24, 2.45) is 0 Å². The van der Waals surface area contributed by atoms with Crippen molar-refractivity contribution in [2.75, 3.05) is 26.2 Å². The summed E-state index contributed by atoms with van der Waals surface area (Å²) >= 11 is 7.33. The van der Waals surface area contributed by atoms with E-state index in [4.69, 9.17) is 11.6 Å². The molecule has 0 N–H and O–H groups in total. The topological polar surface area (TPSA) is 40.6 Å². The molecular weight excluding hydrogens is 344 g/mol. The number of thiophene rings is 1. The van der Waals surface area contributed by atoms with Crippen LogP contribution in [0.4, 0.5) is 0 Å². The molecule has 0 atom stereocenters. The van der Waals surface area contributed by atoms with E-state index in [1.165, 1.54) is 11.3 Å². The molecule has 2 amide bonds. The van der Waals surface area contributed by atoms with E-state index in [1.807, 2.05) is 39.4 Å². The fourth-order valence-electron chi connectivity index (χ4n) is 2.81. The van der Waals surface area contributed by atoms with Gasteiger partial charge in [-0.1, -0.05) is 29.8 Å². The predicted molar refractivity (Wildman–Crippen MR) is 96.6 cm³/mol. The lowest BCUT2D eigenvalue weighted by molar-refractivity contribution is -0.130. The maximum absolute atomic E-state index is 12.5. The molecule has 6 heteroatoms. The highest BCUT2D eigenvalue weighted by atomic mass is 35.5. The fourth-order valence-corrected chi connectivity index (χ4v) is 3.63. The molecule has 0 radical (unpaired) electrons. The van der Waals surface area contributed by atoms with Gasteiger partial charge in [-0.3, -0.25) is 9.59 Å². The molecule has 3 rings (SSSR count). The number of hydrogen-bond donors (Lipinski definition) is 0. The number of hydrogen-bond acceptors (Lipinski definition) is 3.